The molecule has 124 valence electrons. The summed E-state index contributed by atoms with van der Waals surface area (Å²) in [7, 11) is 0. The Labute approximate surface area is 136 Å². The Balaban J connectivity index is 1.90. The van der Waals surface area contributed by atoms with Crippen LogP contribution in [0.15, 0.2) is 48.5 Å². The molecule has 0 spiro atoms. The van der Waals surface area contributed by atoms with Gasteiger partial charge < -0.3 is 10.1 Å². The van der Waals surface area contributed by atoms with Crippen molar-refractivity contribution in [1.29, 1.82) is 5.26 Å². The molecule has 0 saturated carbocycles. The molecule has 2 aromatic rings. The van der Waals surface area contributed by atoms with Gasteiger partial charge in [0, 0.05) is 0 Å². The highest BCUT2D eigenvalue weighted by molar-refractivity contribution is 5.77. The van der Waals surface area contributed by atoms with Gasteiger partial charge in [0.1, 0.15) is 12.3 Å². The Morgan fingerprint density at radius 3 is 2.08 bits per heavy atom. The van der Waals surface area contributed by atoms with E-state index in [0.717, 1.165) is 11.1 Å². The fourth-order valence-electron chi connectivity index (χ4n) is 1.88. The number of carbonyl (C=O) groups is 1. The molecule has 0 aliphatic rings. The highest BCUT2D eigenvalue weighted by atomic mass is 19.4. The minimum Gasteiger partial charge on any atom is -0.484 e. The number of hydrogen-bond acceptors (Lipinski definition) is 3. The van der Waals surface area contributed by atoms with E-state index < -0.39 is 25.2 Å². The van der Waals surface area contributed by atoms with E-state index in [2.05, 4.69) is 0 Å². The third kappa shape index (κ3) is 5.32. The van der Waals surface area contributed by atoms with Crippen LogP contribution in [-0.2, 0) is 4.79 Å². The number of rotatable bonds is 5. The first-order chi connectivity index (χ1) is 11.4. The fraction of sp³-hybridized carbons (Fsp3) is 0.176. The number of amides is 1. The Morgan fingerprint density at radius 1 is 1.04 bits per heavy atom. The van der Waals surface area contributed by atoms with Crippen molar-refractivity contribution in [2.24, 2.45) is 0 Å². The first-order valence-electron chi connectivity index (χ1n) is 6.94. The van der Waals surface area contributed by atoms with Crippen molar-refractivity contribution in [2.75, 3.05) is 13.2 Å². The van der Waals surface area contributed by atoms with E-state index in [0.29, 0.717) is 11.3 Å². The zero-order valence-electron chi connectivity index (χ0n) is 12.4. The lowest BCUT2D eigenvalue weighted by Crippen LogP contribution is -2.36. The van der Waals surface area contributed by atoms with E-state index in [1.165, 1.54) is 0 Å². The summed E-state index contributed by atoms with van der Waals surface area (Å²) < 4.78 is 41.0. The SMILES string of the molecule is N#Cc1ccc(-c2ccc(OCC(=O)NCC(F)(F)F)cc2)cc1. The summed E-state index contributed by atoms with van der Waals surface area (Å²) in [5, 5.41) is 10.5. The minimum atomic E-state index is -4.45. The predicted octanol–water partition coefficient (Wildman–Crippen LogP) is 3.28. The molecule has 0 aliphatic carbocycles. The zero-order chi connectivity index (χ0) is 17.6. The first-order valence-corrected chi connectivity index (χ1v) is 6.94. The van der Waals surface area contributed by atoms with Gasteiger partial charge in [0.2, 0.25) is 0 Å². The average molecular weight is 334 g/mol. The Bertz CT molecular complexity index is 732. The molecular formula is C17H13F3N2O2. The molecule has 4 nitrogen and oxygen atoms in total. The molecule has 0 aliphatic heterocycles. The van der Waals surface area contributed by atoms with Crippen LogP contribution in [0.1, 0.15) is 5.56 Å². The summed E-state index contributed by atoms with van der Waals surface area (Å²) in [6, 6.07) is 15.8. The second-order valence-electron chi connectivity index (χ2n) is 4.89. The number of halogens is 3. The van der Waals surface area contributed by atoms with Crippen molar-refractivity contribution in [3.05, 3.63) is 54.1 Å². The number of nitrogens with zero attached hydrogens (tertiary/aromatic N) is 1. The topological polar surface area (TPSA) is 62.1 Å². The maximum Gasteiger partial charge on any atom is 0.405 e. The predicted molar refractivity (Wildman–Crippen MR) is 81.2 cm³/mol. The van der Waals surface area contributed by atoms with Gasteiger partial charge in [0.25, 0.3) is 5.91 Å². The molecule has 1 N–H and O–H groups in total. The minimum absolute atomic E-state index is 0.370. The van der Waals surface area contributed by atoms with E-state index in [1.807, 2.05) is 6.07 Å². The first kappa shape index (κ1) is 17.3. The maximum absolute atomic E-state index is 12.0. The number of carbonyl (C=O) groups excluding carboxylic acids is 1. The van der Waals surface area contributed by atoms with Gasteiger partial charge in [0.05, 0.1) is 11.6 Å². The lowest BCUT2D eigenvalue weighted by atomic mass is 10.0. The van der Waals surface area contributed by atoms with Crippen molar-refractivity contribution in [1.82, 2.24) is 5.32 Å². The van der Waals surface area contributed by atoms with Gasteiger partial charge in [-0.25, -0.2) is 0 Å². The average Bonchev–Trinajstić information content (AvgIpc) is 2.58. The van der Waals surface area contributed by atoms with E-state index in [4.69, 9.17) is 10.00 Å². The van der Waals surface area contributed by atoms with Crippen LogP contribution in [0.5, 0.6) is 5.75 Å². The van der Waals surface area contributed by atoms with Crippen molar-refractivity contribution < 1.29 is 22.7 Å². The quantitative estimate of drug-likeness (QED) is 0.913. The Hall–Kier alpha value is -3.01. The summed E-state index contributed by atoms with van der Waals surface area (Å²) in [5.74, 6) is -0.474. The smallest absolute Gasteiger partial charge is 0.405 e. The van der Waals surface area contributed by atoms with Gasteiger partial charge in [-0.2, -0.15) is 18.4 Å². The second kappa shape index (κ2) is 7.51. The summed E-state index contributed by atoms with van der Waals surface area (Å²) in [5.41, 5.74) is 2.35. The molecule has 0 radical (unpaired) electrons. The molecule has 0 fully saturated rings. The third-order valence-electron chi connectivity index (χ3n) is 3.06. The summed E-state index contributed by atoms with van der Waals surface area (Å²) in [6.07, 6.45) is -4.45. The Kier molecular flexibility index (Phi) is 5.42. The number of benzene rings is 2. The van der Waals surface area contributed by atoms with Gasteiger partial charge in [0.15, 0.2) is 6.61 Å². The molecule has 2 rings (SSSR count). The monoisotopic (exact) mass is 334 g/mol. The van der Waals surface area contributed by atoms with Gasteiger partial charge in [-0.3, -0.25) is 4.79 Å². The van der Waals surface area contributed by atoms with E-state index in [-0.39, 0.29) is 0 Å². The van der Waals surface area contributed by atoms with Crippen LogP contribution in [0.2, 0.25) is 0 Å². The van der Waals surface area contributed by atoms with Crippen molar-refractivity contribution in [2.45, 2.75) is 6.18 Å². The molecule has 24 heavy (non-hydrogen) atoms. The number of ether oxygens (including phenoxy) is 1. The summed E-state index contributed by atoms with van der Waals surface area (Å²) in [6.45, 7) is -1.88. The van der Waals surface area contributed by atoms with Crippen LogP contribution in [0.3, 0.4) is 0 Å². The lowest BCUT2D eigenvalue weighted by Gasteiger charge is -2.10. The van der Waals surface area contributed by atoms with Crippen LogP contribution >= 0.6 is 0 Å². The molecule has 0 unspecified atom stereocenters. The molecule has 1 amide bonds. The zero-order valence-corrected chi connectivity index (χ0v) is 12.4. The van der Waals surface area contributed by atoms with Gasteiger partial charge in [-0.1, -0.05) is 24.3 Å². The molecule has 7 heteroatoms. The number of nitrogens with one attached hydrogen (secondary N) is 1. The van der Waals surface area contributed by atoms with Crippen molar-refractivity contribution in [3.63, 3.8) is 0 Å². The highest BCUT2D eigenvalue weighted by Crippen LogP contribution is 2.22. The van der Waals surface area contributed by atoms with Gasteiger partial charge in [-0.05, 0) is 35.4 Å². The standard InChI is InChI=1S/C17H13F3N2O2/c18-17(19,20)11-22-16(23)10-24-15-7-5-14(6-8-15)13-3-1-12(9-21)2-4-13/h1-8H,10-11H2,(H,22,23). The normalized spacial score (nSPS) is 10.8. The highest BCUT2D eigenvalue weighted by Gasteiger charge is 2.27. The van der Waals surface area contributed by atoms with Crippen LogP contribution in [0.25, 0.3) is 11.1 Å². The van der Waals surface area contributed by atoms with Gasteiger partial charge in [-0.15, -0.1) is 0 Å². The molecule has 0 bridgehead atoms. The Morgan fingerprint density at radius 2 is 1.58 bits per heavy atom. The molecule has 2 aromatic carbocycles. The number of hydrogen-bond donors (Lipinski definition) is 1. The van der Waals surface area contributed by atoms with Crippen LogP contribution in [0.4, 0.5) is 13.2 Å². The van der Waals surface area contributed by atoms with E-state index >= 15 is 0 Å². The molecular weight excluding hydrogens is 321 g/mol. The largest absolute Gasteiger partial charge is 0.484 e. The van der Waals surface area contributed by atoms with E-state index in [9.17, 15) is 18.0 Å². The van der Waals surface area contributed by atoms with Gasteiger partial charge >= 0.3 is 6.18 Å². The molecule has 0 saturated heterocycles. The van der Waals surface area contributed by atoms with Crippen LogP contribution in [0, 0.1) is 11.3 Å². The maximum atomic E-state index is 12.0. The molecule has 0 heterocycles. The van der Waals surface area contributed by atoms with E-state index in [1.54, 1.807) is 53.8 Å². The van der Waals surface area contributed by atoms with Crippen LogP contribution < -0.4 is 10.1 Å². The fourth-order valence-corrected chi connectivity index (χ4v) is 1.88. The molecule has 0 aromatic heterocycles. The van der Waals surface area contributed by atoms with Crippen LogP contribution in [-0.4, -0.2) is 25.2 Å². The summed E-state index contributed by atoms with van der Waals surface area (Å²) in [4.78, 5) is 11.2. The van der Waals surface area contributed by atoms with Crippen molar-refractivity contribution in [3.8, 4) is 22.9 Å². The number of alkyl halides is 3. The lowest BCUT2D eigenvalue weighted by molar-refractivity contribution is -0.139. The second-order valence-corrected chi connectivity index (χ2v) is 4.89. The number of nitriles is 1. The summed E-state index contributed by atoms with van der Waals surface area (Å²) >= 11 is 0. The third-order valence-corrected chi connectivity index (χ3v) is 3.06. The molecule has 0 atom stereocenters. The van der Waals surface area contributed by atoms with Crippen molar-refractivity contribution >= 4 is 5.91 Å².